The molecular formula is C16H21FN4S. The minimum absolute atomic E-state index is 0.225. The van der Waals surface area contributed by atoms with Gasteiger partial charge in [0.15, 0.2) is 5.96 Å². The Morgan fingerprint density at radius 3 is 2.91 bits per heavy atom. The molecule has 1 aromatic carbocycles. The topological polar surface area (TPSA) is 49.3 Å². The van der Waals surface area contributed by atoms with E-state index < -0.39 is 0 Å². The molecule has 0 aliphatic rings. The van der Waals surface area contributed by atoms with Crippen molar-refractivity contribution in [2.24, 2.45) is 4.99 Å². The van der Waals surface area contributed by atoms with Crippen LogP contribution in [0.3, 0.4) is 0 Å². The number of aromatic nitrogens is 1. The van der Waals surface area contributed by atoms with Gasteiger partial charge < -0.3 is 10.6 Å². The van der Waals surface area contributed by atoms with Gasteiger partial charge in [-0.3, -0.25) is 4.99 Å². The van der Waals surface area contributed by atoms with Gasteiger partial charge in [0.05, 0.1) is 10.7 Å². The van der Waals surface area contributed by atoms with Crippen molar-refractivity contribution < 1.29 is 4.39 Å². The quantitative estimate of drug-likeness (QED) is 0.635. The number of guanidine groups is 1. The van der Waals surface area contributed by atoms with Gasteiger partial charge in [0.25, 0.3) is 0 Å². The Balaban J connectivity index is 1.75. The summed E-state index contributed by atoms with van der Waals surface area (Å²) < 4.78 is 13.1. The summed E-state index contributed by atoms with van der Waals surface area (Å²) in [5.41, 5.74) is 1.99. The monoisotopic (exact) mass is 320 g/mol. The zero-order chi connectivity index (χ0) is 15.8. The standard InChI is InChI=1S/C16H21FN4S/c1-3-15-21-14(11-22-15)7-8-19-16(18-2)20-10-12-5-4-6-13(17)9-12/h4-6,9,11H,3,7-8,10H2,1-2H3,(H2,18,19,20). The molecule has 1 aromatic heterocycles. The Morgan fingerprint density at radius 1 is 1.36 bits per heavy atom. The van der Waals surface area contributed by atoms with Crippen LogP contribution in [-0.2, 0) is 19.4 Å². The van der Waals surface area contributed by atoms with Crippen LogP contribution in [0.15, 0.2) is 34.6 Å². The maximum atomic E-state index is 13.1. The van der Waals surface area contributed by atoms with E-state index in [1.807, 2.05) is 6.07 Å². The maximum Gasteiger partial charge on any atom is 0.191 e. The van der Waals surface area contributed by atoms with Crippen LogP contribution >= 0.6 is 11.3 Å². The maximum absolute atomic E-state index is 13.1. The second-order valence-electron chi connectivity index (χ2n) is 4.82. The highest BCUT2D eigenvalue weighted by atomic mass is 32.1. The van der Waals surface area contributed by atoms with Crippen LogP contribution in [0.5, 0.6) is 0 Å². The van der Waals surface area contributed by atoms with Crippen LogP contribution in [0.2, 0.25) is 0 Å². The minimum Gasteiger partial charge on any atom is -0.356 e. The molecule has 0 saturated heterocycles. The lowest BCUT2D eigenvalue weighted by Crippen LogP contribution is -2.37. The van der Waals surface area contributed by atoms with Crippen LogP contribution in [0.1, 0.15) is 23.2 Å². The normalized spacial score (nSPS) is 11.5. The number of aliphatic imine (C=N–C) groups is 1. The number of aryl methyl sites for hydroxylation is 1. The molecule has 2 N–H and O–H groups in total. The Bertz CT molecular complexity index is 624. The van der Waals surface area contributed by atoms with Crippen molar-refractivity contribution in [3.8, 4) is 0 Å². The zero-order valence-electron chi connectivity index (χ0n) is 12.9. The van der Waals surface area contributed by atoms with Crippen LogP contribution in [0, 0.1) is 5.82 Å². The van der Waals surface area contributed by atoms with Gasteiger partial charge in [-0.25, -0.2) is 9.37 Å². The number of rotatable bonds is 6. The average molecular weight is 320 g/mol. The molecule has 118 valence electrons. The molecule has 0 spiro atoms. The summed E-state index contributed by atoms with van der Waals surface area (Å²) in [5, 5.41) is 9.68. The van der Waals surface area contributed by atoms with Crippen LogP contribution < -0.4 is 10.6 Å². The molecule has 4 nitrogen and oxygen atoms in total. The highest BCUT2D eigenvalue weighted by Gasteiger charge is 2.02. The fourth-order valence-corrected chi connectivity index (χ4v) is 2.77. The van der Waals surface area contributed by atoms with Gasteiger partial charge in [0.1, 0.15) is 5.82 Å². The molecule has 2 aromatic rings. The summed E-state index contributed by atoms with van der Waals surface area (Å²) in [6.45, 7) is 3.41. The lowest BCUT2D eigenvalue weighted by molar-refractivity contribution is 0.624. The van der Waals surface area contributed by atoms with Crippen molar-refractivity contribution in [3.63, 3.8) is 0 Å². The molecule has 0 aliphatic heterocycles. The molecule has 0 amide bonds. The molecule has 0 aliphatic carbocycles. The molecule has 22 heavy (non-hydrogen) atoms. The third-order valence-electron chi connectivity index (χ3n) is 3.15. The first kappa shape index (κ1) is 16.4. The third-order valence-corrected chi connectivity index (χ3v) is 4.19. The van der Waals surface area contributed by atoms with Crippen LogP contribution in [-0.4, -0.2) is 24.5 Å². The summed E-state index contributed by atoms with van der Waals surface area (Å²) in [5.74, 6) is 0.479. The number of benzene rings is 1. The van der Waals surface area contributed by atoms with Gasteiger partial charge in [-0.15, -0.1) is 11.3 Å². The number of halogens is 1. The Kier molecular flexibility index (Phi) is 6.33. The highest BCUT2D eigenvalue weighted by Crippen LogP contribution is 2.10. The zero-order valence-corrected chi connectivity index (χ0v) is 13.7. The van der Waals surface area contributed by atoms with Gasteiger partial charge in [-0.1, -0.05) is 19.1 Å². The number of nitrogens with one attached hydrogen (secondary N) is 2. The molecule has 0 bridgehead atoms. The molecule has 0 unspecified atom stereocenters. The first-order chi connectivity index (χ1) is 10.7. The SMILES string of the molecule is CCc1nc(CCNC(=NC)NCc2cccc(F)c2)cs1. The van der Waals surface area contributed by atoms with E-state index in [2.05, 4.69) is 32.9 Å². The summed E-state index contributed by atoms with van der Waals surface area (Å²) in [6.07, 6.45) is 1.84. The van der Waals surface area contributed by atoms with E-state index in [9.17, 15) is 4.39 Å². The number of hydrogen-bond acceptors (Lipinski definition) is 3. The Labute approximate surface area is 134 Å². The first-order valence-corrected chi connectivity index (χ1v) is 8.21. The molecule has 2 rings (SSSR count). The van der Waals surface area contributed by atoms with E-state index in [0.29, 0.717) is 12.5 Å². The van der Waals surface area contributed by atoms with Crippen molar-refractivity contribution >= 4 is 17.3 Å². The van der Waals surface area contributed by atoms with E-state index in [-0.39, 0.29) is 5.82 Å². The smallest absolute Gasteiger partial charge is 0.191 e. The predicted molar refractivity (Wildman–Crippen MR) is 89.8 cm³/mol. The lowest BCUT2D eigenvalue weighted by Gasteiger charge is -2.11. The molecule has 0 radical (unpaired) electrons. The number of hydrogen-bond donors (Lipinski definition) is 2. The second-order valence-corrected chi connectivity index (χ2v) is 5.76. The third kappa shape index (κ3) is 5.11. The van der Waals surface area contributed by atoms with E-state index in [1.54, 1.807) is 24.5 Å². The van der Waals surface area contributed by atoms with E-state index in [0.717, 1.165) is 30.6 Å². The molecule has 0 fully saturated rings. The minimum atomic E-state index is -0.225. The Hall–Kier alpha value is -1.95. The lowest BCUT2D eigenvalue weighted by atomic mass is 10.2. The number of nitrogens with zero attached hydrogens (tertiary/aromatic N) is 2. The fourth-order valence-electron chi connectivity index (χ4n) is 1.99. The molecule has 6 heteroatoms. The van der Waals surface area contributed by atoms with Crippen molar-refractivity contribution in [1.29, 1.82) is 0 Å². The van der Waals surface area contributed by atoms with Gasteiger partial charge in [-0.2, -0.15) is 0 Å². The van der Waals surface area contributed by atoms with Crippen molar-refractivity contribution in [2.45, 2.75) is 26.3 Å². The van der Waals surface area contributed by atoms with Crippen molar-refractivity contribution in [1.82, 2.24) is 15.6 Å². The highest BCUT2D eigenvalue weighted by molar-refractivity contribution is 7.09. The van der Waals surface area contributed by atoms with Crippen molar-refractivity contribution in [3.05, 3.63) is 51.7 Å². The number of thiazole rings is 1. The van der Waals surface area contributed by atoms with Gasteiger partial charge >= 0.3 is 0 Å². The summed E-state index contributed by atoms with van der Waals surface area (Å²) in [7, 11) is 1.72. The summed E-state index contributed by atoms with van der Waals surface area (Å²) >= 11 is 1.70. The van der Waals surface area contributed by atoms with Crippen LogP contribution in [0.4, 0.5) is 4.39 Å². The van der Waals surface area contributed by atoms with Gasteiger partial charge in [-0.05, 0) is 24.1 Å². The predicted octanol–water partition coefficient (Wildman–Crippen LogP) is 2.75. The molecule has 1 heterocycles. The van der Waals surface area contributed by atoms with Gasteiger partial charge in [0, 0.05) is 31.9 Å². The molecule has 0 atom stereocenters. The average Bonchev–Trinajstić information content (AvgIpc) is 2.98. The molecular weight excluding hydrogens is 299 g/mol. The molecule has 0 saturated carbocycles. The largest absolute Gasteiger partial charge is 0.356 e. The van der Waals surface area contributed by atoms with Crippen LogP contribution in [0.25, 0.3) is 0 Å². The van der Waals surface area contributed by atoms with E-state index in [1.165, 1.54) is 17.1 Å². The van der Waals surface area contributed by atoms with E-state index in [4.69, 9.17) is 0 Å². The summed E-state index contributed by atoms with van der Waals surface area (Å²) in [4.78, 5) is 8.69. The first-order valence-electron chi connectivity index (χ1n) is 7.33. The van der Waals surface area contributed by atoms with Crippen molar-refractivity contribution in [2.75, 3.05) is 13.6 Å². The Morgan fingerprint density at radius 2 is 2.23 bits per heavy atom. The fraction of sp³-hybridized carbons (Fsp3) is 0.375. The second kappa shape index (κ2) is 8.48. The summed E-state index contributed by atoms with van der Waals surface area (Å²) in [6, 6.07) is 6.54. The van der Waals surface area contributed by atoms with Gasteiger partial charge in [0.2, 0.25) is 0 Å². The van der Waals surface area contributed by atoms with E-state index >= 15 is 0 Å².